The standard InChI is InChI=1S/C16H16N4/c1-11-6-5-7-12(10-11)20(2)15-13-8-3-4-9-14(13)18-16(17)19-15/h3-10H,1-2H3,(H2,17,18,19). The van der Waals surface area contributed by atoms with Crippen molar-refractivity contribution in [3.05, 3.63) is 54.1 Å². The number of benzene rings is 2. The molecule has 4 heteroatoms. The van der Waals surface area contributed by atoms with Crippen LogP contribution in [0.4, 0.5) is 17.5 Å². The molecule has 0 amide bonds. The topological polar surface area (TPSA) is 55.0 Å². The summed E-state index contributed by atoms with van der Waals surface area (Å²) in [7, 11) is 1.99. The van der Waals surface area contributed by atoms with Gasteiger partial charge in [-0.1, -0.05) is 24.3 Å². The second-order valence-electron chi connectivity index (χ2n) is 4.82. The van der Waals surface area contributed by atoms with Crippen molar-refractivity contribution in [2.45, 2.75) is 6.92 Å². The van der Waals surface area contributed by atoms with Gasteiger partial charge < -0.3 is 10.6 Å². The van der Waals surface area contributed by atoms with E-state index < -0.39 is 0 Å². The van der Waals surface area contributed by atoms with Crippen molar-refractivity contribution in [1.82, 2.24) is 9.97 Å². The highest BCUT2D eigenvalue weighted by molar-refractivity contribution is 5.92. The Kier molecular flexibility index (Phi) is 2.99. The Morgan fingerprint density at radius 3 is 2.60 bits per heavy atom. The van der Waals surface area contributed by atoms with E-state index in [0.29, 0.717) is 5.95 Å². The zero-order valence-corrected chi connectivity index (χ0v) is 11.5. The third-order valence-corrected chi connectivity index (χ3v) is 3.31. The van der Waals surface area contributed by atoms with E-state index in [1.54, 1.807) is 0 Å². The molecule has 4 nitrogen and oxygen atoms in total. The van der Waals surface area contributed by atoms with Crippen LogP contribution in [0.15, 0.2) is 48.5 Å². The SMILES string of the molecule is Cc1cccc(N(C)c2nc(N)nc3ccccc23)c1. The van der Waals surface area contributed by atoms with Crippen molar-refractivity contribution < 1.29 is 0 Å². The van der Waals surface area contributed by atoms with E-state index in [1.807, 2.05) is 42.3 Å². The van der Waals surface area contributed by atoms with Crippen LogP contribution in [0.1, 0.15) is 5.56 Å². The largest absolute Gasteiger partial charge is 0.368 e. The lowest BCUT2D eigenvalue weighted by Crippen LogP contribution is -2.13. The molecule has 3 aromatic rings. The maximum Gasteiger partial charge on any atom is 0.222 e. The number of anilines is 3. The Hall–Kier alpha value is -2.62. The minimum atomic E-state index is 0.290. The van der Waals surface area contributed by atoms with E-state index in [9.17, 15) is 0 Å². The summed E-state index contributed by atoms with van der Waals surface area (Å²) in [6.45, 7) is 2.07. The van der Waals surface area contributed by atoms with Gasteiger partial charge >= 0.3 is 0 Å². The molecule has 0 saturated heterocycles. The molecule has 0 spiro atoms. The predicted octanol–water partition coefficient (Wildman–Crippen LogP) is 3.29. The lowest BCUT2D eigenvalue weighted by molar-refractivity contribution is 1.12. The molecule has 0 aliphatic heterocycles. The Morgan fingerprint density at radius 2 is 1.80 bits per heavy atom. The van der Waals surface area contributed by atoms with Crippen LogP contribution in [-0.2, 0) is 0 Å². The van der Waals surface area contributed by atoms with E-state index in [1.165, 1.54) is 5.56 Å². The van der Waals surface area contributed by atoms with Crippen LogP contribution in [0.3, 0.4) is 0 Å². The summed E-state index contributed by atoms with van der Waals surface area (Å²) in [6.07, 6.45) is 0. The average Bonchev–Trinajstić information content (AvgIpc) is 2.45. The smallest absolute Gasteiger partial charge is 0.222 e. The van der Waals surface area contributed by atoms with Gasteiger partial charge in [0.1, 0.15) is 5.82 Å². The highest BCUT2D eigenvalue weighted by Gasteiger charge is 2.11. The number of hydrogen-bond donors (Lipinski definition) is 1. The lowest BCUT2D eigenvalue weighted by Gasteiger charge is -2.20. The summed E-state index contributed by atoms with van der Waals surface area (Å²) < 4.78 is 0. The third-order valence-electron chi connectivity index (χ3n) is 3.31. The number of nitrogens with two attached hydrogens (primary N) is 1. The first kappa shape index (κ1) is 12.4. The van der Waals surface area contributed by atoms with Gasteiger partial charge in [-0.2, -0.15) is 4.98 Å². The quantitative estimate of drug-likeness (QED) is 0.771. The zero-order chi connectivity index (χ0) is 14.1. The highest BCUT2D eigenvalue weighted by atomic mass is 15.2. The summed E-state index contributed by atoms with van der Waals surface area (Å²) in [6, 6.07) is 16.2. The lowest BCUT2D eigenvalue weighted by atomic mass is 10.2. The average molecular weight is 264 g/mol. The van der Waals surface area contributed by atoms with Crippen LogP contribution in [0, 0.1) is 6.92 Å². The van der Waals surface area contributed by atoms with Crippen molar-refractivity contribution in [2.24, 2.45) is 0 Å². The van der Waals surface area contributed by atoms with Crippen LogP contribution in [0.5, 0.6) is 0 Å². The zero-order valence-electron chi connectivity index (χ0n) is 11.5. The number of nitrogens with zero attached hydrogens (tertiary/aromatic N) is 3. The van der Waals surface area contributed by atoms with Crippen LogP contribution in [-0.4, -0.2) is 17.0 Å². The van der Waals surface area contributed by atoms with E-state index in [0.717, 1.165) is 22.4 Å². The molecule has 1 aromatic heterocycles. The monoisotopic (exact) mass is 264 g/mol. The summed E-state index contributed by atoms with van der Waals surface area (Å²) in [5, 5.41) is 0.991. The summed E-state index contributed by atoms with van der Waals surface area (Å²) in [4.78, 5) is 10.7. The molecule has 0 bridgehead atoms. The molecule has 0 saturated carbocycles. The van der Waals surface area contributed by atoms with Gasteiger partial charge in [-0.3, -0.25) is 0 Å². The molecular weight excluding hydrogens is 248 g/mol. The second-order valence-corrected chi connectivity index (χ2v) is 4.82. The van der Waals surface area contributed by atoms with Crippen LogP contribution in [0.25, 0.3) is 10.9 Å². The Balaban J connectivity index is 2.18. The van der Waals surface area contributed by atoms with Crippen molar-refractivity contribution in [3.8, 4) is 0 Å². The van der Waals surface area contributed by atoms with Gasteiger partial charge in [0.05, 0.1) is 5.52 Å². The van der Waals surface area contributed by atoms with Crippen molar-refractivity contribution in [3.63, 3.8) is 0 Å². The summed E-state index contributed by atoms with van der Waals surface area (Å²) in [5.41, 5.74) is 8.96. The minimum Gasteiger partial charge on any atom is -0.368 e. The number of aromatic nitrogens is 2. The van der Waals surface area contributed by atoms with Gasteiger partial charge in [0.15, 0.2) is 0 Å². The van der Waals surface area contributed by atoms with Gasteiger partial charge in [0.2, 0.25) is 5.95 Å². The number of hydrogen-bond acceptors (Lipinski definition) is 4. The fourth-order valence-corrected chi connectivity index (χ4v) is 2.29. The number of rotatable bonds is 2. The van der Waals surface area contributed by atoms with Gasteiger partial charge in [-0.15, -0.1) is 0 Å². The molecule has 3 rings (SSSR count). The van der Waals surface area contributed by atoms with Crippen LogP contribution < -0.4 is 10.6 Å². The first-order chi connectivity index (χ1) is 9.65. The molecule has 0 radical (unpaired) electrons. The number of aryl methyl sites for hydroxylation is 1. The van der Waals surface area contributed by atoms with E-state index in [-0.39, 0.29) is 0 Å². The molecule has 2 aromatic carbocycles. The van der Waals surface area contributed by atoms with Gasteiger partial charge in [-0.05, 0) is 36.8 Å². The van der Waals surface area contributed by atoms with Crippen molar-refractivity contribution >= 4 is 28.4 Å². The maximum atomic E-state index is 5.82. The summed E-state index contributed by atoms with van der Waals surface area (Å²) >= 11 is 0. The second kappa shape index (κ2) is 4.81. The predicted molar refractivity (Wildman–Crippen MR) is 83.2 cm³/mol. The first-order valence-corrected chi connectivity index (χ1v) is 6.48. The molecule has 0 aliphatic carbocycles. The summed E-state index contributed by atoms with van der Waals surface area (Å²) in [5.74, 6) is 1.11. The number of fused-ring (bicyclic) bond motifs is 1. The Bertz CT molecular complexity index is 767. The van der Waals surface area contributed by atoms with Crippen molar-refractivity contribution in [1.29, 1.82) is 0 Å². The molecule has 20 heavy (non-hydrogen) atoms. The third kappa shape index (κ3) is 2.16. The molecule has 0 fully saturated rings. The van der Waals surface area contributed by atoms with Gasteiger partial charge in [0.25, 0.3) is 0 Å². The first-order valence-electron chi connectivity index (χ1n) is 6.48. The molecule has 100 valence electrons. The highest BCUT2D eigenvalue weighted by Crippen LogP contribution is 2.29. The fourth-order valence-electron chi connectivity index (χ4n) is 2.29. The fraction of sp³-hybridized carbons (Fsp3) is 0.125. The molecule has 1 heterocycles. The van der Waals surface area contributed by atoms with E-state index in [4.69, 9.17) is 5.73 Å². The number of para-hydroxylation sites is 1. The molecule has 0 aliphatic rings. The maximum absolute atomic E-state index is 5.82. The van der Waals surface area contributed by atoms with E-state index in [2.05, 4.69) is 35.1 Å². The van der Waals surface area contributed by atoms with Gasteiger partial charge in [0, 0.05) is 18.1 Å². The molecule has 0 atom stereocenters. The van der Waals surface area contributed by atoms with Gasteiger partial charge in [-0.25, -0.2) is 4.98 Å². The van der Waals surface area contributed by atoms with Crippen LogP contribution >= 0.6 is 0 Å². The Labute approximate surface area is 117 Å². The molecule has 2 N–H and O–H groups in total. The van der Waals surface area contributed by atoms with Crippen LogP contribution in [0.2, 0.25) is 0 Å². The molecule has 0 unspecified atom stereocenters. The Morgan fingerprint density at radius 1 is 1.00 bits per heavy atom. The minimum absolute atomic E-state index is 0.290. The normalized spacial score (nSPS) is 10.7. The number of nitrogen functional groups attached to an aromatic ring is 1. The van der Waals surface area contributed by atoms with E-state index >= 15 is 0 Å². The molecular formula is C16H16N4. The van der Waals surface area contributed by atoms with Crippen molar-refractivity contribution in [2.75, 3.05) is 17.7 Å².